The number of carbonyl (C=O) groups is 1. The van der Waals surface area contributed by atoms with Crippen LogP contribution in [0.1, 0.15) is 17.0 Å². The minimum Gasteiger partial charge on any atom is -0.481 e. The van der Waals surface area contributed by atoms with Gasteiger partial charge in [0.15, 0.2) is 0 Å². The molecule has 0 heterocycles. The molecule has 1 atom stereocenters. The molecule has 0 saturated carbocycles. The number of aliphatic carboxylic acids is 1. The van der Waals surface area contributed by atoms with Crippen molar-refractivity contribution in [1.82, 2.24) is 0 Å². The molecule has 0 radical (unpaired) electrons. The fourth-order valence-corrected chi connectivity index (χ4v) is 2.46. The van der Waals surface area contributed by atoms with Crippen LogP contribution in [0.3, 0.4) is 0 Å². The Hall–Kier alpha value is -1.83. The van der Waals surface area contributed by atoms with Crippen molar-refractivity contribution in [1.29, 1.82) is 0 Å². The van der Waals surface area contributed by atoms with Crippen molar-refractivity contribution in [2.75, 3.05) is 0 Å². The maximum atomic E-state index is 11.1. The van der Waals surface area contributed by atoms with Crippen molar-refractivity contribution in [3.63, 3.8) is 0 Å². The van der Waals surface area contributed by atoms with E-state index >= 15 is 0 Å². The van der Waals surface area contributed by atoms with Gasteiger partial charge in [0.05, 0.1) is 5.92 Å². The number of carboxylic acid groups (broad SMARTS) is 1. The van der Waals surface area contributed by atoms with Crippen LogP contribution < -0.4 is 0 Å². The summed E-state index contributed by atoms with van der Waals surface area (Å²) in [4.78, 5) is 11.1. The summed E-state index contributed by atoms with van der Waals surface area (Å²) in [6.07, 6.45) is 0.631. The molecule has 0 saturated heterocycles. The summed E-state index contributed by atoms with van der Waals surface area (Å²) in [6, 6.07) is 11.9. The van der Waals surface area contributed by atoms with E-state index in [2.05, 4.69) is 0 Å². The summed E-state index contributed by atoms with van der Waals surface area (Å²) < 4.78 is 0. The van der Waals surface area contributed by atoms with Gasteiger partial charge in [0, 0.05) is 0 Å². The lowest BCUT2D eigenvalue weighted by atomic mass is 10.0. The van der Waals surface area contributed by atoms with E-state index in [4.69, 9.17) is 5.11 Å². The lowest BCUT2D eigenvalue weighted by Gasteiger charge is -2.04. The van der Waals surface area contributed by atoms with Gasteiger partial charge < -0.3 is 5.11 Å². The van der Waals surface area contributed by atoms with Crippen LogP contribution in [-0.4, -0.2) is 11.1 Å². The van der Waals surface area contributed by atoms with Crippen LogP contribution in [0, 0.1) is 0 Å². The third-order valence-electron chi connectivity index (χ3n) is 3.12. The van der Waals surface area contributed by atoms with Gasteiger partial charge in [0.25, 0.3) is 0 Å². The van der Waals surface area contributed by atoms with E-state index in [-0.39, 0.29) is 5.92 Å². The molecule has 0 aromatic heterocycles. The third-order valence-corrected chi connectivity index (χ3v) is 3.12. The first-order chi connectivity index (χ1) is 7.27. The second-order valence-electron chi connectivity index (χ2n) is 3.96. The van der Waals surface area contributed by atoms with Gasteiger partial charge in [0.1, 0.15) is 0 Å². The summed E-state index contributed by atoms with van der Waals surface area (Å²) >= 11 is 0. The summed E-state index contributed by atoms with van der Waals surface area (Å²) in [6.45, 7) is 0. The smallest absolute Gasteiger partial charge is 0.311 e. The standard InChI is InChI=1S/C13H10O2/c14-13(15)11-7-9-5-1-3-8-4-2-6-10(11)12(8)9/h1-6,11H,7H2,(H,14,15). The van der Waals surface area contributed by atoms with Gasteiger partial charge in [-0.1, -0.05) is 36.4 Å². The lowest BCUT2D eigenvalue weighted by molar-refractivity contribution is -0.138. The molecule has 74 valence electrons. The van der Waals surface area contributed by atoms with Crippen LogP contribution in [0.4, 0.5) is 0 Å². The molecule has 0 amide bonds. The summed E-state index contributed by atoms with van der Waals surface area (Å²) in [5.74, 6) is -1.08. The zero-order valence-corrected chi connectivity index (χ0v) is 8.10. The fourth-order valence-electron chi connectivity index (χ4n) is 2.46. The molecule has 0 spiro atoms. The van der Waals surface area contributed by atoms with Gasteiger partial charge in [-0.15, -0.1) is 0 Å². The zero-order valence-electron chi connectivity index (χ0n) is 8.10. The highest BCUT2D eigenvalue weighted by Crippen LogP contribution is 2.38. The Balaban J connectivity index is 2.36. The Morgan fingerprint density at radius 2 is 1.93 bits per heavy atom. The zero-order chi connectivity index (χ0) is 10.4. The van der Waals surface area contributed by atoms with E-state index in [1.807, 2.05) is 36.4 Å². The number of hydrogen-bond acceptors (Lipinski definition) is 1. The van der Waals surface area contributed by atoms with Crippen LogP contribution in [0.2, 0.25) is 0 Å². The van der Waals surface area contributed by atoms with Crippen LogP contribution in [0.15, 0.2) is 36.4 Å². The average molecular weight is 198 g/mol. The molecule has 1 aliphatic carbocycles. The van der Waals surface area contributed by atoms with Gasteiger partial charge in [-0.2, -0.15) is 0 Å². The highest BCUT2D eigenvalue weighted by Gasteiger charge is 2.29. The van der Waals surface area contributed by atoms with Gasteiger partial charge in [-0.3, -0.25) is 4.79 Å². The molecule has 3 rings (SSSR count). The first kappa shape index (κ1) is 8.48. The second-order valence-corrected chi connectivity index (χ2v) is 3.96. The molecule has 1 aliphatic rings. The third kappa shape index (κ3) is 1.08. The van der Waals surface area contributed by atoms with E-state index in [0.29, 0.717) is 6.42 Å². The Labute approximate surface area is 87.2 Å². The molecule has 2 aromatic rings. The predicted octanol–water partition coefficient (Wildman–Crippen LogP) is 2.56. The Kier molecular flexibility index (Phi) is 1.60. The van der Waals surface area contributed by atoms with E-state index in [9.17, 15) is 4.79 Å². The maximum absolute atomic E-state index is 11.1. The molecule has 0 aliphatic heterocycles. The number of rotatable bonds is 1. The Bertz CT molecular complexity index is 552. The quantitative estimate of drug-likeness (QED) is 0.764. The fraction of sp³-hybridized carbons (Fsp3) is 0.154. The molecule has 2 nitrogen and oxygen atoms in total. The first-order valence-electron chi connectivity index (χ1n) is 5.00. The lowest BCUT2D eigenvalue weighted by Crippen LogP contribution is -2.09. The van der Waals surface area contributed by atoms with Crippen molar-refractivity contribution in [3.05, 3.63) is 47.5 Å². The SMILES string of the molecule is O=C(O)C1Cc2cccc3cccc1c23. The molecule has 15 heavy (non-hydrogen) atoms. The Morgan fingerprint density at radius 1 is 1.20 bits per heavy atom. The molecule has 2 aromatic carbocycles. The van der Waals surface area contributed by atoms with Crippen molar-refractivity contribution >= 4 is 16.7 Å². The van der Waals surface area contributed by atoms with Crippen LogP contribution in [0.25, 0.3) is 10.8 Å². The molecule has 0 bridgehead atoms. The minimum absolute atomic E-state index is 0.355. The Morgan fingerprint density at radius 3 is 2.67 bits per heavy atom. The summed E-state index contributed by atoms with van der Waals surface area (Å²) in [7, 11) is 0. The summed E-state index contributed by atoms with van der Waals surface area (Å²) in [5, 5.41) is 11.4. The number of benzene rings is 2. The highest BCUT2D eigenvalue weighted by molar-refractivity contribution is 5.96. The van der Waals surface area contributed by atoms with Gasteiger partial charge in [0.2, 0.25) is 0 Å². The monoisotopic (exact) mass is 198 g/mol. The maximum Gasteiger partial charge on any atom is 0.311 e. The highest BCUT2D eigenvalue weighted by atomic mass is 16.4. The van der Waals surface area contributed by atoms with Crippen LogP contribution in [0.5, 0.6) is 0 Å². The second kappa shape index (κ2) is 2.83. The molecule has 2 heteroatoms. The van der Waals surface area contributed by atoms with E-state index in [1.165, 1.54) is 0 Å². The van der Waals surface area contributed by atoms with Crippen molar-refractivity contribution in [2.24, 2.45) is 0 Å². The summed E-state index contributed by atoms with van der Waals surface area (Å²) in [5.41, 5.74) is 2.13. The van der Waals surface area contributed by atoms with Gasteiger partial charge in [-0.05, 0) is 28.3 Å². The van der Waals surface area contributed by atoms with E-state index in [0.717, 1.165) is 21.9 Å². The number of hydrogen-bond donors (Lipinski definition) is 1. The molecule has 0 fully saturated rings. The van der Waals surface area contributed by atoms with Gasteiger partial charge in [-0.25, -0.2) is 0 Å². The van der Waals surface area contributed by atoms with E-state index in [1.54, 1.807) is 0 Å². The largest absolute Gasteiger partial charge is 0.481 e. The molecule has 1 unspecified atom stereocenters. The van der Waals surface area contributed by atoms with Crippen molar-refractivity contribution in [3.8, 4) is 0 Å². The van der Waals surface area contributed by atoms with Crippen molar-refractivity contribution < 1.29 is 9.90 Å². The topological polar surface area (TPSA) is 37.3 Å². The average Bonchev–Trinajstić information content (AvgIpc) is 2.61. The first-order valence-corrected chi connectivity index (χ1v) is 5.00. The van der Waals surface area contributed by atoms with Crippen LogP contribution >= 0.6 is 0 Å². The number of carboxylic acids is 1. The molecular weight excluding hydrogens is 188 g/mol. The van der Waals surface area contributed by atoms with Crippen molar-refractivity contribution in [2.45, 2.75) is 12.3 Å². The molecule has 1 N–H and O–H groups in total. The van der Waals surface area contributed by atoms with Gasteiger partial charge >= 0.3 is 5.97 Å². The predicted molar refractivity (Wildman–Crippen MR) is 58.0 cm³/mol. The minimum atomic E-state index is -0.723. The van der Waals surface area contributed by atoms with E-state index < -0.39 is 5.97 Å². The molecular formula is C13H10O2. The van der Waals surface area contributed by atoms with Crippen LogP contribution in [-0.2, 0) is 11.2 Å². The normalized spacial score (nSPS) is 18.3.